The third-order valence-electron chi connectivity index (χ3n) is 6.04. The van der Waals surface area contributed by atoms with Gasteiger partial charge in [-0.1, -0.05) is 19.9 Å². The average molecular weight is 431 g/mol. The molecule has 1 aliphatic carbocycles. The fraction of sp³-hybridized carbons (Fsp3) is 0.625. The average Bonchev–Trinajstić information content (AvgIpc) is 3.19. The zero-order valence-corrected chi connectivity index (χ0v) is 19.5. The molecule has 31 heavy (non-hydrogen) atoms. The molecule has 0 spiro atoms. The van der Waals surface area contributed by atoms with Crippen molar-refractivity contribution >= 4 is 0 Å². The number of ether oxygens (including phenoxy) is 2. The highest BCUT2D eigenvalue weighted by Crippen LogP contribution is 2.29. The summed E-state index contributed by atoms with van der Waals surface area (Å²) in [6, 6.07) is 6.01. The fourth-order valence-electron chi connectivity index (χ4n) is 4.25. The highest BCUT2D eigenvalue weighted by atomic mass is 16.5. The number of aromatic nitrogens is 2. The van der Waals surface area contributed by atoms with Crippen LogP contribution in [-0.4, -0.2) is 71.6 Å². The number of benzene rings is 1. The van der Waals surface area contributed by atoms with Gasteiger partial charge in [0.1, 0.15) is 12.7 Å². The summed E-state index contributed by atoms with van der Waals surface area (Å²) in [6.45, 7) is 8.49. The van der Waals surface area contributed by atoms with Crippen LogP contribution in [0.5, 0.6) is 11.5 Å². The topological polar surface area (TPSA) is 73.9 Å². The van der Waals surface area contributed by atoms with Crippen molar-refractivity contribution in [1.29, 1.82) is 0 Å². The van der Waals surface area contributed by atoms with Crippen LogP contribution in [0.25, 0.3) is 0 Å². The normalized spacial score (nSPS) is 14.7. The van der Waals surface area contributed by atoms with Crippen LogP contribution in [0.2, 0.25) is 0 Å². The molecule has 2 N–H and O–H groups in total. The number of H-pyrrole nitrogens is 1. The van der Waals surface area contributed by atoms with Crippen LogP contribution < -0.4 is 9.47 Å². The van der Waals surface area contributed by atoms with Gasteiger partial charge in [0.15, 0.2) is 11.5 Å². The zero-order chi connectivity index (χ0) is 22.2. The Kier molecular flexibility index (Phi) is 8.75. The number of rotatable bonds is 12. The maximum absolute atomic E-state index is 10.3. The van der Waals surface area contributed by atoms with E-state index in [0.29, 0.717) is 18.0 Å². The molecule has 3 rings (SSSR count). The number of fused-ring (bicyclic) bond motifs is 1. The second kappa shape index (κ2) is 11.5. The van der Waals surface area contributed by atoms with Gasteiger partial charge in [-0.15, -0.1) is 0 Å². The Morgan fingerprint density at radius 2 is 1.90 bits per heavy atom. The molecule has 0 amide bonds. The van der Waals surface area contributed by atoms with Gasteiger partial charge in [-0.2, -0.15) is 5.10 Å². The SMILES string of the molecule is CCN(CC)C[C@@H](O)COc1ccc(CN(C)Cc2n[nH]c3c2CCCC3)cc1OC. The van der Waals surface area contributed by atoms with Crippen molar-refractivity contribution in [2.75, 3.05) is 40.4 Å². The van der Waals surface area contributed by atoms with Gasteiger partial charge in [-0.25, -0.2) is 0 Å². The molecule has 0 fully saturated rings. The van der Waals surface area contributed by atoms with Gasteiger partial charge in [0.2, 0.25) is 0 Å². The molecule has 0 radical (unpaired) electrons. The molecule has 7 heteroatoms. The molecule has 1 aromatic carbocycles. The van der Waals surface area contributed by atoms with E-state index in [0.717, 1.165) is 44.6 Å². The van der Waals surface area contributed by atoms with Crippen molar-refractivity contribution in [3.05, 3.63) is 40.7 Å². The lowest BCUT2D eigenvalue weighted by atomic mass is 9.96. The summed E-state index contributed by atoms with van der Waals surface area (Å²) in [5, 5.41) is 18.1. The van der Waals surface area contributed by atoms with Crippen LogP contribution >= 0.6 is 0 Å². The Bertz CT molecular complexity index is 819. The minimum Gasteiger partial charge on any atom is -0.493 e. The highest BCUT2D eigenvalue weighted by Gasteiger charge is 2.18. The quantitative estimate of drug-likeness (QED) is 0.539. The number of methoxy groups -OCH3 is 1. The number of nitrogens with zero attached hydrogens (tertiary/aromatic N) is 3. The summed E-state index contributed by atoms with van der Waals surface area (Å²) in [5.41, 5.74) is 5.06. The summed E-state index contributed by atoms with van der Waals surface area (Å²) in [6.07, 6.45) is 4.23. The summed E-state index contributed by atoms with van der Waals surface area (Å²) >= 11 is 0. The molecule has 1 aliphatic rings. The summed E-state index contributed by atoms with van der Waals surface area (Å²) in [5.74, 6) is 1.35. The zero-order valence-electron chi connectivity index (χ0n) is 19.5. The van der Waals surface area contributed by atoms with Gasteiger partial charge in [-0.05, 0) is 69.1 Å². The number of likely N-dealkylation sites (N-methyl/N-ethyl adjacent to an activating group) is 1. The summed E-state index contributed by atoms with van der Waals surface area (Å²) in [4.78, 5) is 4.45. The van der Waals surface area contributed by atoms with E-state index in [2.05, 4.69) is 47.0 Å². The van der Waals surface area contributed by atoms with Gasteiger partial charge in [0.25, 0.3) is 0 Å². The van der Waals surface area contributed by atoms with Crippen molar-refractivity contribution in [2.24, 2.45) is 0 Å². The molecule has 1 aromatic heterocycles. The van der Waals surface area contributed by atoms with Crippen LogP contribution in [0.15, 0.2) is 18.2 Å². The van der Waals surface area contributed by atoms with Crippen LogP contribution in [0.3, 0.4) is 0 Å². The van der Waals surface area contributed by atoms with Crippen LogP contribution in [0.1, 0.15) is 49.2 Å². The second-order valence-corrected chi connectivity index (χ2v) is 8.44. The Hall–Kier alpha value is -2.09. The highest BCUT2D eigenvalue weighted by molar-refractivity contribution is 5.43. The Morgan fingerprint density at radius 3 is 2.65 bits per heavy atom. The minimum atomic E-state index is -0.532. The van der Waals surface area contributed by atoms with Gasteiger partial charge in [-0.3, -0.25) is 10.00 Å². The van der Waals surface area contributed by atoms with E-state index < -0.39 is 6.10 Å². The predicted molar refractivity (Wildman–Crippen MR) is 123 cm³/mol. The van der Waals surface area contributed by atoms with E-state index in [1.54, 1.807) is 7.11 Å². The van der Waals surface area contributed by atoms with E-state index >= 15 is 0 Å². The molecule has 1 atom stereocenters. The van der Waals surface area contributed by atoms with Crippen molar-refractivity contribution in [1.82, 2.24) is 20.0 Å². The molecule has 0 saturated heterocycles. The van der Waals surface area contributed by atoms with Gasteiger partial charge < -0.3 is 19.5 Å². The Balaban J connectivity index is 1.56. The number of aryl methyl sites for hydroxylation is 1. The number of aromatic amines is 1. The third kappa shape index (κ3) is 6.45. The predicted octanol–water partition coefficient (Wildman–Crippen LogP) is 3.01. The van der Waals surface area contributed by atoms with Crippen molar-refractivity contribution in [3.8, 4) is 11.5 Å². The molecule has 172 valence electrons. The molecule has 7 nitrogen and oxygen atoms in total. The standard InChI is InChI=1S/C24H38N4O3/c1-5-28(6-2)15-19(29)17-31-23-12-11-18(13-24(23)30-4)14-27(3)16-22-20-9-7-8-10-21(20)25-26-22/h11-13,19,29H,5-10,14-17H2,1-4H3,(H,25,26)/t19-/m1/s1. The van der Waals surface area contributed by atoms with Gasteiger partial charge in [0.05, 0.1) is 12.8 Å². The van der Waals surface area contributed by atoms with Crippen LogP contribution in [0, 0.1) is 0 Å². The smallest absolute Gasteiger partial charge is 0.161 e. The first-order valence-electron chi connectivity index (χ1n) is 11.5. The number of hydrogen-bond donors (Lipinski definition) is 2. The summed E-state index contributed by atoms with van der Waals surface area (Å²) < 4.78 is 11.4. The molecule has 0 unspecified atom stereocenters. The number of hydrogen-bond acceptors (Lipinski definition) is 6. The monoisotopic (exact) mass is 430 g/mol. The largest absolute Gasteiger partial charge is 0.493 e. The van der Waals surface area contributed by atoms with Crippen molar-refractivity contribution < 1.29 is 14.6 Å². The minimum absolute atomic E-state index is 0.246. The fourth-order valence-corrected chi connectivity index (χ4v) is 4.25. The molecule has 2 aromatic rings. The number of nitrogens with one attached hydrogen (secondary N) is 1. The van der Waals surface area contributed by atoms with E-state index in [4.69, 9.17) is 9.47 Å². The van der Waals surface area contributed by atoms with Crippen molar-refractivity contribution in [2.45, 2.75) is 58.7 Å². The molecule has 0 bridgehead atoms. The van der Waals surface area contributed by atoms with Gasteiger partial charge >= 0.3 is 0 Å². The first-order chi connectivity index (χ1) is 15.0. The van der Waals surface area contributed by atoms with E-state index in [-0.39, 0.29) is 6.61 Å². The number of aliphatic hydroxyl groups is 1. The van der Waals surface area contributed by atoms with Crippen molar-refractivity contribution in [3.63, 3.8) is 0 Å². The lowest BCUT2D eigenvalue weighted by molar-refractivity contribution is 0.0705. The lowest BCUT2D eigenvalue weighted by Gasteiger charge is -2.22. The van der Waals surface area contributed by atoms with Gasteiger partial charge in [0, 0.05) is 25.3 Å². The van der Waals surface area contributed by atoms with E-state index in [1.165, 1.54) is 29.8 Å². The second-order valence-electron chi connectivity index (χ2n) is 8.44. The summed E-state index contributed by atoms with van der Waals surface area (Å²) in [7, 11) is 3.77. The lowest BCUT2D eigenvalue weighted by Crippen LogP contribution is -2.35. The van der Waals surface area contributed by atoms with Crippen LogP contribution in [-0.2, 0) is 25.9 Å². The number of aliphatic hydroxyl groups excluding tert-OH is 1. The third-order valence-corrected chi connectivity index (χ3v) is 6.04. The molecule has 1 heterocycles. The molecule has 0 aliphatic heterocycles. The maximum atomic E-state index is 10.3. The molecular formula is C24H38N4O3. The first kappa shape index (κ1) is 23.6. The molecular weight excluding hydrogens is 392 g/mol. The first-order valence-corrected chi connectivity index (χ1v) is 11.5. The van der Waals surface area contributed by atoms with E-state index in [1.807, 2.05) is 12.1 Å². The van der Waals surface area contributed by atoms with Crippen LogP contribution in [0.4, 0.5) is 0 Å². The van der Waals surface area contributed by atoms with E-state index in [9.17, 15) is 5.11 Å². The Morgan fingerprint density at radius 1 is 1.13 bits per heavy atom. The maximum Gasteiger partial charge on any atom is 0.161 e. The Labute approximate surface area is 186 Å². The molecule has 0 saturated carbocycles.